The van der Waals surface area contributed by atoms with Gasteiger partial charge in [0.2, 0.25) is 5.91 Å². The van der Waals surface area contributed by atoms with Gasteiger partial charge in [0, 0.05) is 62.4 Å². The molecule has 28 heavy (non-hydrogen) atoms. The maximum atomic E-state index is 12.7. The first-order valence-electron chi connectivity index (χ1n) is 10.1. The average molecular weight is 386 g/mol. The van der Waals surface area contributed by atoms with Gasteiger partial charge in [-0.1, -0.05) is 0 Å². The quantitative estimate of drug-likeness (QED) is 0.629. The molecule has 0 saturated carbocycles. The van der Waals surface area contributed by atoms with Gasteiger partial charge in [-0.2, -0.15) is 0 Å². The predicted molar refractivity (Wildman–Crippen MR) is 103 cm³/mol. The van der Waals surface area contributed by atoms with Crippen LogP contribution < -0.4 is 5.32 Å². The number of piperazine rings is 1. The van der Waals surface area contributed by atoms with Crippen LogP contribution in [0.2, 0.25) is 0 Å². The lowest BCUT2D eigenvalue weighted by Gasteiger charge is -2.36. The molecule has 3 saturated heterocycles. The molecule has 2 bridgehead atoms. The van der Waals surface area contributed by atoms with Crippen LogP contribution in [0.4, 0.5) is 5.69 Å². The molecule has 0 spiro atoms. The molecule has 2 unspecified atom stereocenters. The first-order valence-corrected chi connectivity index (χ1v) is 10.1. The average Bonchev–Trinajstić information content (AvgIpc) is 3.05. The van der Waals surface area contributed by atoms with Crippen LogP contribution in [0.5, 0.6) is 0 Å². The number of rotatable bonds is 4. The molecule has 2 atom stereocenters. The third-order valence-corrected chi connectivity index (χ3v) is 6.28. The van der Waals surface area contributed by atoms with Crippen molar-refractivity contribution in [2.24, 2.45) is 5.92 Å². The number of benzene rings is 1. The smallest absolute Gasteiger partial charge is 0.269 e. The first-order chi connectivity index (χ1) is 13.5. The summed E-state index contributed by atoms with van der Waals surface area (Å²) in [5.41, 5.74) is 0.411. The van der Waals surface area contributed by atoms with Gasteiger partial charge in [0.25, 0.3) is 11.6 Å². The van der Waals surface area contributed by atoms with E-state index in [0.29, 0.717) is 56.2 Å². The number of nitrogens with one attached hydrogen (secondary N) is 1. The summed E-state index contributed by atoms with van der Waals surface area (Å²) in [5, 5.41) is 14.3. The van der Waals surface area contributed by atoms with E-state index in [9.17, 15) is 19.7 Å². The maximum absolute atomic E-state index is 12.7. The monoisotopic (exact) mass is 386 g/mol. The number of non-ortho nitro benzene ring substituents is 1. The molecule has 3 aliphatic heterocycles. The highest BCUT2D eigenvalue weighted by Crippen LogP contribution is 2.33. The number of hydrogen-bond acceptors (Lipinski definition) is 5. The number of carbonyl (C=O) groups is 2. The number of hydrogen-bond donors (Lipinski definition) is 1. The molecule has 1 N–H and O–H groups in total. The highest BCUT2D eigenvalue weighted by molar-refractivity contribution is 5.94. The number of piperidine rings is 1. The van der Waals surface area contributed by atoms with Crippen molar-refractivity contribution >= 4 is 17.5 Å². The fraction of sp³-hybridized carbons (Fsp3) is 0.600. The van der Waals surface area contributed by atoms with Gasteiger partial charge < -0.3 is 15.1 Å². The standard InChI is InChI=1S/C20H26N4O4/c25-19(13-14-11-16-3-4-17(12-14)21-16)22-7-9-23(10-8-22)20(26)15-1-5-18(6-2-15)24(27)28/h1-2,5-6,14,16-17,21H,3-4,7-13H2. The second-order valence-corrected chi connectivity index (χ2v) is 8.16. The Morgan fingerprint density at radius 2 is 1.57 bits per heavy atom. The van der Waals surface area contributed by atoms with Gasteiger partial charge in [-0.15, -0.1) is 0 Å². The third kappa shape index (κ3) is 4.01. The van der Waals surface area contributed by atoms with E-state index in [1.54, 1.807) is 4.90 Å². The summed E-state index contributed by atoms with van der Waals surface area (Å²) in [5.74, 6) is 0.539. The number of carbonyl (C=O) groups excluding carboxylic acids is 2. The van der Waals surface area contributed by atoms with E-state index in [1.807, 2.05) is 4.90 Å². The Kier molecular flexibility index (Phi) is 5.30. The number of nitro groups is 1. The minimum atomic E-state index is -0.480. The first kappa shape index (κ1) is 18.9. The normalized spacial score (nSPS) is 26.9. The van der Waals surface area contributed by atoms with Crippen LogP contribution >= 0.6 is 0 Å². The van der Waals surface area contributed by atoms with Crippen LogP contribution in [0.3, 0.4) is 0 Å². The van der Waals surface area contributed by atoms with Crippen LogP contribution in [-0.4, -0.2) is 64.8 Å². The second kappa shape index (κ2) is 7.87. The van der Waals surface area contributed by atoms with Crippen molar-refractivity contribution in [3.8, 4) is 0 Å². The second-order valence-electron chi connectivity index (χ2n) is 8.16. The summed E-state index contributed by atoms with van der Waals surface area (Å²) in [6.45, 7) is 2.10. The lowest BCUT2D eigenvalue weighted by molar-refractivity contribution is -0.384. The van der Waals surface area contributed by atoms with E-state index < -0.39 is 4.92 Å². The molecule has 1 aromatic rings. The molecule has 0 aliphatic carbocycles. The number of fused-ring (bicyclic) bond motifs is 2. The van der Waals surface area contributed by atoms with E-state index in [1.165, 1.54) is 37.1 Å². The van der Waals surface area contributed by atoms with Gasteiger partial charge in [-0.05, 0) is 43.7 Å². The molecular formula is C20H26N4O4. The fourth-order valence-electron chi connectivity index (χ4n) is 4.79. The zero-order chi connectivity index (χ0) is 19.7. The Labute approximate surface area is 164 Å². The largest absolute Gasteiger partial charge is 0.339 e. The van der Waals surface area contributed by atoms with E-state index >= 15 is 0 Å². The highest BCUT2D eigenvalue weighted by atomic mass is 16.6. The van der Waals surface area contributed by atoms with Gasteiger partial charge in [-0.3, -0.25) is 19.7 Å². The van der Waals surface area contributed by atoms with Crippen LogP contribution in [0.1, 0.15) is 42.5 Å². The number of nitrogens with zero attached hydrogens (tertiary/aromatic N) is 3. The van der Waals surface area contributed by atoms with E-state index in [0.717, 1.165) is 12.8 Å². The molecule has 1 aromatic carbocycles. The third-order valence-electron chi connectivity index (χ3n) is 6.28. The Morgan fingerprint density at radius 3 is 2.14 bits per heavy atom. The molecule has 2 amide bonds. The van der Waals surface area contributed by atoms with Gasteiger partial charge >= 0.3 is 0 Å². The maximum Gasteiger partial charge on any atom is 0.269 e. The summed E-state index contributed by atoms with van der Waals surface area (Å²) in [6.07, 6.45) is 5.28. The molecule has 8 heteroatoms. The summed E-state index contributed by atoms with van der Waals surface area (Å²) < 4.78 is 0. The van der Waals surface area contributed by atoms with Crippen LogP contribution in [0.25, 0.3) is 0 Å². The summed E-state index contributed by atoms with van der Waals surface area (Å²) in [7, 11) is 0. The molecule has 0 radical (unpaired) electrons. The summed E-state index contributed by atoms with van der Waals surface area (Å²) in [6, 6.07) is 6.85. The van der Waals surface area contributed by atoms with Crippen LogP contribution in [-0.2, 0) is 4.79 Å². The van der Waals surface area contributed by atoms with Crippen molar-refractivity contribution in [2.45, 2.75) is 44.2 Å². The SMILES string of the molecule is O=C(CC1CC2CCC(C1)N2)N1CCN(C(=O)c2ccc([N+](=O)[O-])cc2)CC1. The molecule has 3 fully saturated rings. The summed E-state index contributed by atoms with van der Waals surface area (Å²) >= 11 is 0. The minimum Gasteiger partial charge on any atom is -0.339 e. The highest BCUT2D eigenvalue weighted by Gasteiger charge is 2.35. The van der Waals surface area contributed by atoms with Gasteiger partial charge in [-0.25, -0.2) is 0 Å². The molecule has 3 aliphatic rings. The van der Waals surface area contributed by atoms with Crippen molar-refractivity contribution in [1.82, 2.24) is 15.1 Å². The van der Waals surface area contributed by atoms with Crippen molar-refractivity contribution < 1.29 is 14.5 Å². The Balaban J connectivity index is 1.27. The topological polar surface area (TPSA) is 95.8 Å². The molecule has 8 nitrogen and oxygen atoms in total. The fourth-order valence-corrected chi connectivity index (χ4v) is 4.79. The van der Waals surface area contributed by atoms with Gasteiger partial charge in [0.1, 0.15) is 0 Å². The van der Waals surface area contributed by atoms with E-state index in [-0.39, 0.29) is 17.5 Å². The van der Waals surface area contributed by atoms with Crippen molar-refractivity contribution in [3.63, 3.8) is 0 Å². The molecule has 4 rings (SSSR count). The molecular weight excluding hydrogens is 360 g/mol. The number of nitro benzene ring substituents is 1. The van der Waals surface area contributed by atoms with Gasteiger partial charge in [0.05, 0.1) is 4.92 Å². The number of amides is 2. The lowest BCUT2D eigenvalue weighted by Crippen LogP contribution is -2.51. The van der Waals surface area contributed by atoms with Crippen molar-refractivity contribution in [1.29, 1.82) is 0 Å². The zero-order valence-corrected chi connectivity index (χ0v) is 15.9. The summed E-state index contributed by atoms with van der Waals surface area (Å²) in [4.78, 5) is 39.1. The Hall–Kier alpha value is -2.48. The van der Waals surface area contributed by atoms with Crippen molar-refractivity contribution in [3.05, 3.63) is 39.9 Å². The van der Waals surface area contributed by atoms with E-state index in [2.05, 4.69) is 5.32 Å². The minimum absolute atomic E-state index is 0.0293. The van der Waals surface area contributed by atoms with Crippen LogP contribution in [0, 0.1) is 16.0 Å². The van der Waals surface area contributed by atoms with Crippen molar-refractivity contribution in [2.75, 3.05) is 26.2 Å². The van der Waals surface area contributed by atoms with E-state index in [4.69, 9.17) is 0 Å². The van der Waals surface area contributed by atoms with Gasteiger partial charge in [0.15, 0.2) is 0 Å². The molecule has 150 valence electrons. The zero-order valence-electron chi connectivity index (χ0n) is 15.9. The Bertz CT molecular complexity index is 746. The Morgan fingerprint density at radius 1 is 1.00 bits per heavy atom. The lowest BCUT2D eigenvalue weighted by atomic mass is 9.89. The molecule has 3 heterocycles. The van der Waals surface area contributed by atoms with Crippen LogP contribution in [0.15, 0.2) is 24.3 Å². The molecule has 0 aromatic heterocycles. The predicted octanol–water partition coefficient (Wildman–Crippen LogP) is 1.80.